The molecule has 7 heavy (non-hydrogen) atoms. The van der Waals surface area contributed by atoms with E-state index in [0.29, 0.717) is 0 Å². The van der Waals surface area contributed by atoms with E-state index in [2.05, 4.69) is 0 Å². The maximum absolute atomic E-state index is 9.00. The Bertz CT molecular complexity index is 36.7. The van der Waals surface area contributed by atoms with E-state index >= 15 is 0 Å². The molecule has 1 radical (unpaired) electrons. The fraction of sp³-hybridized carbons (Fsp3) is 0.500. The number of nitrogens with two attached hydrogens (primary N) is 2. The summed E-state index contributed by atoms with van der Waals surface area (Å²) < 4.78 is 0. The SMILES string of the molecule is CC(=O)O.[Ag].[NH2-].[NH2-]. The number of carbonyl (C=O) groups is 1. The maximum Gasteiger partial charge on any atom is 0.300 e. The van der Waals surface area contributed by atoms with Gasteiger partial charge in [0.05, 0.1) is 0 Å². The molecule has 0 aromatic heterocycles. The molecule has 0 aromatic rings. The summed E-state index contributed by atoms with van der Waals surface area (Å²) in [5.74, 6) is -0.833. The van der Waals surface area contributed by atoms with E-state index in [4.69, 9.17) is 9.90 Å². The molecule has 51 valence electrons. The number of aliphatic carboxylic acids is 1. The molecule has 5 N–H and O–H groups in total. The monoisotopic (exact) mass is 199 g/mol. The van der Waals surface area contributed by atoms with Crippen molar-refractivity contribution < 1.29 is 32.3 Å². The predicted molar refractivity (Wildman–Crippen MR) is 23.9 cm³/mol. The molecular formula is C2H8AgN2O2-2. The summed E-state index contributed by atoms with van der Waals surface area (Å²) in [6.45, 7) is 1.08. The van der Waals surface area contributed by atoms with E-state index in [0.717, 1.165) is 6.92 Å². The number of hydrogen-bond donors (Lipinski definition) is 1. The van der Waals surface area contributed by atoms with Gasteiger partial charge in [0.15, 0.2) is 0 Å². The molecule has 0 aliphatic heterocycles. The normalized spacial score (nSPS) is 3.57. The predicted octanol–water partition coefficient (Wildman–Crippen LogP) is 1.52. The molecule has 0 saturated heterocycles. The second-order valence-electron chi connectivity index (χ2n) is 0.519. The van der Waals surface area contributed by atoms with E-state index < -0.39 is 5.97 Å². The van der Waals surface area contributed by atoms with Gasteiger partial charge in [-0.2, -0.15) is 0 Å². The second-order valence-corrected chi connectivity index (χ2v) is 0.519. The Morgan fingerprint density at radius 2 is 1.43 bits per heavy atom. The van der Waals surface area contributed by atoms with Crippen LogP contribution in [0.5, 0.6) is 0 Å². The zero-order valence-electron chi connectivity index (χ0n) is 3.81. The zero-order chi connectivity index (χ0) is 3.58. The van der Waals surface area contributed by atoms with Crippen LogP contribution in [-0.2, 0) is 27.2 Å². The van der Waals surface area contributed by atoms with E-state index in [1.165, 1.54) is 0 Å². The summed E-state index contributed by atoms with van der Waals surface area (Å²) in [5.41, 5.74) is 0. The van der Waals surface area contributed by atoms with Crippen LogP contribution in [0.2, 0.25) is 0 Å². The van der Waals surface area contributed by atoms with Crippen LogP contribution in [0.15, 0.2) is 0 Å². The molecule has 4 nitrogen and oxygen atoms in total. The van der Waals surface area contributed by atoms with Gasteiger partial charge in [-0.1, -0.05) is 0 Å². The minimum atomic E-state index is -0.833. The van der Waals surface area contributed by atoms with Gasteiger partial charge in [0, 0.05) is 29.3 Å². The van der Waals surface area contributed by atoms with Gasteiger partial charge in [0.1, 0.15) is 0 Å². The van der Waals surface area contributed by atoms with Crippen molar-refractivity contribution in [1.29, 1.82) is 0 Å². The van der Waals surface area contributed by atoms with Gasteiger partial charge < -0.3 is 17.4 Å². The molecule has 0 amide bonds. The minimum absolute atomic E-state index is 0. The molecule has 0 aromatic carbocycles. The van der Waals surface area contributed by atoms with E-state index in [9.17, 15) is 0 Å². The van der Waals surface area contributed by atoms with Crippen molar-refractivity contribution in [3.05, 3.63) is 12.3 Å². The first kappa shape index (κ1) is 27.3. The Hall–Kier alpha value is 0.130. The third kappa shape index (κ3) is 6160. The van der Waals surface area contributed by atoms with Gasteiger partial charge in [0.25, 0.3) is 5.97 Å². The van der Waals surface area contributed by atoms with E-state index in [1.54, 1.807) is 0 Å². The molecule has 0 heterocycles. The topological polar surface area (TPSA) is 104 Å². The molecule has 0 bridgehead atoms. The first-order valence-electron chi connectivity index (χ1n) is 0.928. The fourth-order valence-electron chi connectivity index (χ4n) is 0. The van der Waals surface area contributed by atoms with Crippen molar-refractivity contribution in [2.75, 3.05) is 0 Å². The Morgan fingerprint density at radius 3 is 1.43 bits per heavy atom. The summed E-state index contributed by atoms with van der Waals surface area (Å²) in [6.07, 6.45) is 0. The molecule has 0 rings (SSSR count). The van der Waals surface area contributed by atoms with Crippen LogP contribution in [0, 0.1) is 0 Å². The average Bonchev–Trinajstić information content (AvgIpc) is 0.811. The minimum Gasteiger partial charge on any atom is -0.693 e. The smallest absolute Gasteiger partial charge is 0.300 e. The fourth-order valence-corrected chi connectivity index (χ4v) is 0. The third-order valence-corrected chi connectivity index (χ3v) is 0. The maximum atomic E-state index is 9.00. The van der Waals surface area contributed by atoms with Crippen molar-refractivity contribution in [3.63, 3.8) is 0 Å². The van der Waals surface area contributed by atoms with E-state index in [1.807, 2.05) is 0 Å². The van der Waals surface area contributed by atoms with Gasteiger partial charge in [-0.25, -0.2) is 0 Å². The van der Waals surface area contributed by atoms with Crippen LogP contribution < -0.4 is 0 Å². The van der Waals surface area contributed by atoms with Crippen molar-refractivity contribution >= 4 is 5.97 Å². The Labute approximate surface area is 58.0 Å². The van der Waals surface area contributed by atoms with Crippen LogP contribution in [0.4, 0.5) is 0 Å². The van der Waals surface area contributed by atoms with Crippen molar-refractivity contribution in [1.82, 2.24) is 0 Å². The molecule has 0 saturated carbocycles. The molecule has 0 aliphatic rings. The second kappa shape index (κ2) is 16.5. The summed E-state index contributed by atoms with van der Waals surface area (Å²) in [4.78, 5) is 9.00. The molecule has 0 spiro atoms. The largest absolute Gasteiger partial charge is 0.693 e. The number of carboxylic acids is 1. The molecule has 0 atom stereocenters. The zero-order valence-corrected chi connectivity index (χ0v) is 5.29. The molecular weight excluding hydrogens is 192 g/mol. The number of rotatable bonds is 0. The van der Waals surface area contributed by atoms with Crippen molar-refractivity contribution in [2.45, 2.75) is 6.92 Å². The molecule has 0 unspecified atom stereocenters. The summed E-state index contributed by atoms with van der Waals surface area (Å²) in [6, 6.07) is 0. The quantitative estimate of drug-likeness (QED) is 0.598. The average molecular weight is 200 g/mol. The summed E-state index contributed by atoms with van der Waals surface area (Å²) in [7, 11) is 0. The van der Waals surface area contributed by atoms with Crippen LogP contribution in [-0.4, -0.2) is 11.1 Å². The Balaban J connectivity index is -0.0000000150. The number of carboxylic acid groups (broad SMARTS) is 1. The van der Waals surface area contributed by atoms with Crippen LogP contribution >= 0.6 is 0 Å². The van der Waals surface area contributed by atoms with Gasteiger partial charge in [-0.05, 0) is 0 Å². The van der Waals surface area contributed by atoms with Crippen molar-refractivity contribution in [3.8, 4) is 0 Å². The standard InChI is InChI=1S/C2H4O2.Ag.2H2N/c1-2(3)4;;;/h1H3,(H,3,4);;2*1H2/q;;2*-1. The van der Waals surface area contributed by atoms with Crippen molar-refractivity contribution in [2.24, 2.45) is 0 Å². The third-order valence-electron chi connectivity index (χ3n) is 0. The van der Waals surface area contributed by atoms with Gasteiger partial charge in [0.2, 0.25) is 0 Å². The molecule has 0 fully saturated rings. The first-order valence-corrected chi connectivity index (χ1v) is 0.928. The van der Waals surface area contributed by atoms with Crippen LogP contribution in [0.1, 0.15) is 6.92 Å². The van der Waals surface area contributed by atoms with Crippen LogP contribution in [0.3, 0.4) is 0 Å². The summed E-state index contributed by atoms with van der Waals surface area (Å²) in [5, 5.41) is 7.42. The molecule has 0 aliphatic carbocycles. The first-order chi connectivity index (χ1) is 1.73. The van der Waals surface area contributed by atoms with Gasteiger partial charge in [-0.3, -0.25) is 4.79 Å². The van der Waals surface area contributed by atoms with Gasteiger partial charge in [-0.15, -0.1) is 0 Å². The van der Waals surface area contributed by atoms with Gasteiger partial charge >= 0.3 is 0 Å². The number of hydrogen-bond acceptors (Lipinski definition) is 1. The van der Waals surface area contributed by atoms with Crippen LogP contribution in [0.25, 0.3) is 12.3 Å². The Kier molecular flexibility index (Phi) is 64.3. The van der Waals surface area contributed by atoms with E-state index in [-0.39, 0.29) is 34.7 Å². The Morgan fingerprint density at radius 1 is 1.43 bits per heavy atom. The molecule has 5 heteroatoms. The summed E-state index contributed by atoms with van der Waals surface area (Å²) >= 11 is 0.